The Bertz CT molecular complexity index is 630. The number of likely N-dealkylation sites (tertiary alicyclic amines) is 1. The largest absolute Gasteiger partial charge is 0.497 e. The summed E-state index contributed by atoms with van der Waals surface area (Å²) in [5, 5.41) is 3.53. The van der Waals surface area contributed by atoms with Gasteiger partial charge in [-0.2, -0.15) is 11.8 Å². The molecule has 2 saturated heterocycles. The maximum atomic E-state index is 5.61. The van der Waals surface area contributed by atoms with Crippen LogP contribution in [0.2, 0.25) is 0 Å². The number of nitrogens with one attached hydrogen (secondary N) is 1. The smallest absolute Gasteiger partial charge is 0.193 e. The fourth-order valence-corrected chi connectivity index (χ4v) is 5.37. The number of aliphatic imine (C=N–C) groups is 1. The van der Waals surface area contributed by atoms with Crippen molar-refractivity contribution >= 4 is 41.7 Å². The van der Waals surface area contributed by atoms with E-state index < -0.39 is 0 Å². The summed E-state index contributed by atoms with van der Waals surface area (Å²) >= 11 is 2.06. The van der Waals surface area contributed by atoms with Crippen LogP contribution in [0.3, 0.4) is 0 Å². The van der Waals surface area contributed by atoms with Crippen LogP contribution in [-0.2, 0) is 4.74 Å². The zero-order valence-corrected chi connectivity index (χ0v) is 21.1. The molecular formula is C22H36IN3O2S. The number of ether oxygens (including phenoxy) is 2. The topological polar surface area (TPSA) is 46.1 Å². The first-order valence-electron chi connectivity index (χ1n) is 10.6. The third-order valence-corrected chi connectivity index (χ3v) is 7.22. The number of hydrogen-bond donors (Lipinski definition) is 1. The van der Waals surface area contributed by atoms with E-state index in [1.165, 1.54) is 12.0 Å². The van der Waals surface area contributed by atoms with Crippen molar-refractivity contribution in [3.8, 4) is 5.75 Å². The van der Waals surface area contributed by atoms with Crippen molar-refractivity contribution in [3.05, 3.63) is 29.8 Å². The van der Waals surface area contributed by atoms with E-state index in [0.29, 0.717) is 5.92 Å². The van der Waals surface area contributed by atoms with Gasteiger partial charge in [-0.1, -0.05) is 19.1 Å². The van der Waals surface area contributed by atoms with E-state index in [4.69, 9.17) is 14.5 Å². The summed E-state index contributed by atoms with van der Waals surface area (Å²) < 4.78 is 11.1. The number of guanidine groups is 1. The Hall–Kier alpha value is -0.670. The normalized spacial score (nSPS) is 21.6. The number of methoxy groups -OCH3 is 1. The first kappa shape index (κ1) is 24.6. The van der Waals surface area contributed by atoms with Crippen LogP contribution in [0.1, 0.15) is 44.6 Å². The summed E-state index contributed by atoms with van der Waals surface area (Å²) in [5.74, 6) is 3.68. The van der Waals surface area contributed by atoms with Gasteiger partial charge in [0.1, 0.15) is 5.75 Å². The van der Waals surface area contributed by atoms with Crippen LogP contribution in [0.25, 0.3) is 0 Å². The van der Waals surface area contributed by atoms with Gasteiger partial charge in [-0.25, -0.2) is 0 Å². The van der Waals surface area contributed by atoms with Crippen molar-refractivity contribution in [3.63, 3.8) is 0 Å². The summed E-state index contributed by atoms with van der Waals surface area (Å²) in [4.78, 5) is 7.53. The van der Waals surface area contributed by atoms with E-state index in [1.807, 2.05) is 0 Å². The molecule has 2 aliphatic heterocycles. The Labute approximate surface area is 197 Å². The third kappa shape index (κ3) is 6.66. The van der Waals surface area contributed by atoms with Gasteiger partial charge in [0.15, 0.2) is 5.96 Å². The van der Waals surface area contributed by atoms with Crippen molar-refractivity contribution in [1.82, 2.24) is 10.2 Å². The summed E-state index contributed by atoms with van der Waals surface area (Å²) in [6.45, 7) is 9.98. The molecule has 0 spiro atoms. The van der Waals surface area contributed by atoms with Gasteiger partial charge >= 0.3 is 0 Å². The molecule has 1 aromatic rings. The molecule has 7 heteroatoms. The number of rotatable bonds is 7. The van der Waals surface area contributed by atoms with Gasteiger partial charge in [-0.3, -0.25) is 4.99 Å². The van der Waals surface area contributed by atoms with E-state index in [9.17, 15) is 0 Å². The van der Waals surface area contributed by atoms with Crippen molar-refractivity contribution < 1.29 is 9.47 Å². The monoisotopic (exact) mass is 533 g/mol. The van der Waals surface area contributed by atoms with E-state index >= 15 is 0 Å². The van der Waals surface area contributed by atoms with Crippen molar-refractivity contribution in [2.45, 2.75) is 43.8 Å². The van der Waals surface area contributed by atoms with Gasteiger partial charge in [0.25, 0.3) is 0 Å². The highest BCUT2D eigenvalue weighted by Crippen LogP contribution is 2.36. The lowest BCUT2D eigenvalue weighted by molar-refractivity contribution is 0.0793. The molecule has 29 heavy (non-hydrogen) atoms. The Morgan fingerprint density at radius 3 is 2.62 bits per heavy atom. The molecule has 0 bridgehead atoms. The maximum Gasteiger partial charge on any atom is 0.193 e. The molecule has 1 atom stereocenters. The highest BCUT2D eigenvalue weighted by Gasteiger charge is 2.33. The van der Waals surface area contributed by atoms with Crippen molar-refractivity contribution in [2.75, 3.05) is 52.3 Å². The van der Waals surface area contributed by atoms with Crippen LogP contribution in [0.5, 0.6) is 5.75 Å². The van der Waals surface area contributed by atoms with Crippen LogP contribution in [-0.4, -0.2) is 67.9 Å². The second-order valence-corrected chi connectivity index (χ2v) is 9.34. The average molecular weight is 534 g/mol. The fourth-order valence-electron chi connectivity index (χ4n) is 4.14. The fraction of sp³-hybridized carbons (Fsp3) is 0.682. The van der Waals surface area contributed by atoms with Crippen molar-refractivity contribution in [1.29, 1.82) is 0 Å². The number of halogens is 1. The number of nitrogens with zero attached hydrogens (tertiary/aromatic N) is 2. The SMILES string of the molecule is CCNC(=NCC1(SCC)CCOCC1)N1CCC(c2ccc(OC)cc2)C1.I. The summed E-state index contributed by atoms with van der Waals surface area (Å²) in [7, 11) is 1.72. The lowest BCUT2D eigenvalue weighted by Gasteiger charge is -2.35. The van der Waals surface area contributed by atoms with Crippen LogP contribution in [0.4, 0.5) is 0 Å². The molecule has 0 aromatic heterocycles. The lowest BCUT2D eigenvalue weighted by Crippen LogP contribution is -2.42. The Morgan fingerprint density at radius 1 is 1.28 bits per heavy atom. The van der Waals surface area contributed by atoms with Gasteiger partial charge in [0.2, 0.25) is 0 Å². The molecule has 1 aromatic carbocycles. The molecule has 0 saturated carbocycles. The van der Waals surface area contributed by atoms with Crippen LogP contribution in [0.15, 0.2) is 29.3 Å². The highest BCUT2D eigenvalue weighted by atomic mass is 127. The first-order valence-corrected chi connectivity index (χ1v) is 11.6. The molecule has 0 amide bonds. The minimum absolute atomic E-state index is 0. The van der Waals surface area contributed by atoms with Gasteiger partial charge in [-0.05, 0) is 49.6 Å². The zero-order valence-electron chi connectivity index (χ0n) is 18.0. The van der Waals surface area contributed by atoms with E-state index in [-0.39, 0.29) is 28.7 Å². The third-order valence-electron chi connectivity index (χ3n) is 5.78. The minimum Gasteiger partial charge on any atom is -0.497 e. The predicted octanol–water partition coefficient (Wildman–Crippen LogP) is 4.37. The summed E-state index contributed by atoms with van der Waals surface area (Å²) in [6, 6.07) is 8.53. The molecular weight excluding hydrogens is 497 g/mol. The molecule has 0 aliphatic carbocycles. The summed E-state index contributed by atoms with van der Waals surface area (Å²) in [5.41, 5.74) is 1.39. The number of hydrogen-bond acceptors (Lipinski definition) is 4. The molecule has 1 N–H and O–H groups in total. The highest BCUT2D eigenvalue weighted by molar-refractivity contribution is 14.0. The predicted molar refractivity (Wildman–Crippen MR) is 134 cm³/mol. The van der Waals surface area contributed by atoms with Crippen LogP contribution in [0, 0.1) is 0 Å². The molecule has 1 unspecified atom stereocenters. The molecule has 3 rings (SSSR count). The van der Waals surface area contributed by atoms with Gasteiger partial charge in [0.05, 0.1) is 13.7 Å². The van der Waals surface area contributed by atoms with Crippen LogP contribution < -0.4 is 10.1 Å². The first-order chi connectivity index (χ1) is 13.7. The second kappa shape index (κ2) is 12.2. The van der Waals surface area contributed by atoms with E-state index in [1.54, 1.807) is 7.11 Å². The van der Waals surface area contributed by atoms with Gasteiger partial charge in [-0.15, -0.1) is 24.0 Å². The summed E-state index contributed by atoms with van der Waals surface area (Å²) in [6.07, 6.45) is 3.37. The second-order valence-electron chi connectivity index (χ2n) is 7.60. The molecule has 5 nitrogen and oxygen atoms in total. The Balaban J connectivity index is 0.00000300. The molecule has 2 fully saturated rings. The average Bonchev–Trinajstić information content (AvgIpc) is 3.22. The minimum atomic E-state index is 0. The standard InChI is InChI=1S/C22H35N3O2S.HI/c1-4-23-21(24-17-22(28-5-2)11-14-27-15-12-22)25-13-10-19(16-25)18-6-8-20(26-3)9-7-18;/h6-9,19H,4-5,10-17H2,1-3H3,(H,23,24);1H. The van der Waals surface area contributed by atoms with E-state index in [2.05, 4.69) is 60.1 Å². The van der Waals surface area contributed by atoms with Gasteiger partial charge < -0.3 is 19.7 Å². The Morgan fingerprint density at radius 2 is 2.00 bits per heavy atom. The van der Waals surface area contributed by atoms with Gasteiger partial charge in [0, 0.05) is 43.5 Å². The van der Waals surface area contributed by atoms with Crippen LogP contribution >= 0.6 is 35.7 Å². The number of thioether (sulfide) groups is 1. The molecule has 2 heterocycles. The quantitative estimate of drug-likeness (QED) is 0.321. The van der Waals surface area contributed by atoms with E-state index in [0.717, 1.165) is 69.7 Å². The number of benzene rings is 1. The molecule has 164 valence electrons. The molecule has 0 radical (unpaired) electrons. The lowest BCUT2D eigenvalue weighted by atomic mass is 9.98. The molecule has 2 aliphatic rings. The van der Waals surface area contributed by atoms with Crippen molar-refractivity contribution in [2.24, 2.45) is 4.99 Å². The Kier molecular flexibility index (Phi) is 10.4. The maximum absolute atomic E-state index is 5.61. The zero-order chi connectivity index (χ0) is 19.8.